The van der Waals surface area contributed by atoms with E-state index in [4.69, 9.17) is 4.74 Å². The number of rotatable bonds is 5. The van der Waals surface area contributed by atoms with Gasteiger partial charge in [0.15, 0.2) is 0 Å². The maximum Gasteiger partial charge on any atom is 0.220 e. The van der Waals surface area contributed by atoms with Crippen LogP contribution in [0.3, 0.4) is 0 Å². The van der Waals surface area contributed by atoms with E-state index in [1.807, 2.05) is 6.07 Å². The van der Waals surface area contributed by atoms with Gasteiger partial charge in [0.2, 0.25) is 5.91 Å². The number of nitrogens with one attached hydrogen (secondary N) is 2. The number of carbonyl (C=O) groups is 1. The molecule has 0 radical (unpaired) electrons. The average molecular weight is 368 g/mol. The second kappa shape index (κ2) is 8.13. The lowest BCUT2D eigenvalue weighted by Gasteiger charge is -2.26. The summed E-state index contributed by atoms with van der Waals surface area (Å²) < 4.78 is 7.41. The maximum absolute atomic E-state index is 12.5. The molecule has 1 amide bonds. The highest BCUT2D eigenvalue weighted by Gasteiger charge is 2.22. The zero-order valence-electron chi connectivity index (χ0n) is 16.0. The molecule has 0 saturated carbocycles. The number of aryl methyl sites for hydroxylation is 3. The van der Waals surface area contributed by atoms with E-state index in [1.54, 1.807) is 7.11 Å². The summed E-state index contributed by atoms with van der Waals surface area (Å²) in [6.45, 7) is 2.86. The normalized spacial score (nSPS) is 18.9. The molecule has 1 aliphatic carbocycles. The minimum absolute atomic E-state index is 0.102. The molecule has 1 aromatic heterocycles. The summed E-state index contributed by atoms with van der Waals surface area (Å²) in [7, 11) is 1.69. The zero-order chi connectivity index (χ0) is 18.6. The van der Waals surface area contributed by atoms with Gasteiger partial charge >= 0.3 is 0 Å². The van der Waals surface area contributed by atoms with Crippen LogP contribution in [-0.2, 0) is 30.7 Å². The Morgan fingerprint density at radius 3 is 3.19 bits per heavy atom. The minimum Gasteiger partial charge on any atom is -0.497 e. The van der Waals surface area contributed by atoms with Crippen molar-refractivity contribution in [2.24, 2.45) is 0 Å². The van der Waals surface area contributed by atoms with E-state index in [0.717, 1.165) is 56.8 Å². The SMILES string of the molecule is COc1ccc2c(c1)CCC[C@@H]2NC(=O)CCc1cc2n(n1)CCCNC2. The van der Waals surface area contributed by atoms with Crippen molar-refractivity contribution in [3.05, 3.63) is 46.8 Å². The third-order valence-electron chi connectivity index (χ3n) is 5.55. The van der Waals surface area contributed by atoms with Crippen LogP contribution in [0.15, 0.2) is 24.3 Å². The van der Waals surface area contributed by atoms with Gasteiger partial charge in [0, 0.05) is 25.9 Å². The van der Waals surface area contributed by atoms with Crippen molar-refractivity contribution in [3.8, 4) is 5.75 Å². The lowest BCUT2D eigenvalue weighted by molar-refractivity contribution is -0.121. The number of nitrogens with zero attached hydrogens (tertiary/aromatic N) is 2. The van der Waals surface area contributed by atoms with Crippen LogP contribution in [0.1, 0.15) is 54.2 Å². The van der Waals surface area contributed by atoms with Crippen LogP contribution in [0, 0.1) is 0 Å². The van der Waals surface area contributed by atoms with E-state index in [9.17, 15) is 4.79 Å². The fraction of sp³-hybridized carbons (Fsp3) is 0.524. The van der Waals surface area contributed by atoms with Crippen LogP contribution in [0.4, 0.5) is 0 Å². The molecular formula is C21H28N4O2. The molecular weight excluding hydrogens is 340 g/mol. The Morgan fingerprint density at radius 2 is 2.30 bits per heavy atom. The Kier molecular flexibility index (Phi) is 5.43. The molecule has 2 aromatic rings. The standard InChI is InChI=1S/C21H28N4O2/c1-27-18-7-8-19-15(12-18)4-2-5-20(19)23-21(26)9-6-16-13-17-14-22-10-3-11-25(17)24-16/h7-8,12-13,20,22H,2-6,9-11,14H2,1H3,(H,23,26)/t20-/m0/s1. The monoisotopic (exact) mass is 368 g/mol. The van der Waals surface area contributed by atoms with Crippen molar-refractivity contribution in [1.82, 2.24) is 20.4 Å². The Morgan fingerprint density at radius 1 is 1.37 bits per heavy atom. The van der Waals surface area contributed by atoms with Crippen LogP contribution in [0.25, 0.3) is 0 Å². The molecule has 0 fully saturated rings. The summed E-state index contributed by atoms with van der Waals surface area (Å²) in [5.74, 6) is 0.986. The fourth-order valence-electron chi connectivity index (χ4n) is 4.12. The number of fused-ring (bicyclic) bond motifs is 2. The van der Waals surface area contributed by atoms with E-state index in [-0.39, 0.29) is 11.9 Å². The first-order valence-corrected chi connectivity index (χ1v) is 9.95. The van der Waals surface area contributed by atoms with Crippen LogP contribution in [0.2, 0.25) is 0 Å². The Hall–Kier alpha value is -2.34. The molecule has 144 valence electrons. The number of benzene rings is 1. The zero-order valence-corrected chi connectivity index (χ0v) is 16.0. The molecule has 6 heteroatoms. The Labute approximate surface area is 160 Å². The quantitative estimate of drug-likeness (QED) is 0.851. The Bertz CT molecular complexity index is 791. The molecule has 27 heavy (non-hydrogen) atoms. The number of amides is 1. The lowest BCUT2D eigenvalue weighted by Crippen LogP contribution is -2.31. The topological polar surface area (TPSA) is 68.2 Å². The molecule has 6 nitrogen and oxygen atoms in total. The summed E-state index contributed by atoms with van der Waals surface area (Å²) in [6.07, 6.45) is 5.40. The number of carbonyl (C=O) groups excluding carboxylic acids is 1. The average Bonchev–Trinajstić information content (AvgIpc) is 2.95. The van der Waals surface area contributed by atoms with Gasteiger partial charge in [0.05, 0.1) is 24.5 Å². The maximum atomic E-state index is 12.5. The van der Waals surface area contributed by atoms with Crippen LogP contribution in [-0.4, -0.2) is 29.3 Å². The number of aromatic nitrogens is 2. The van der Waals surface area contributed by atoms with Crippen LogP contribution < -0.4 is 15.4 Å². The second-order valence-corrected chi connectivity index (χ2v) is 7.46. The van der Waals surface area contributed by atoms with Crippen molar-refractivity contribution >= 4 is 5.91 Å². The molecule has 2 aliphatic rings. The van der Waals surface area contributed by atoms with Crippen molar-refractivity contribution in [2.45, 2.75) is 57.7 Å². The molecule has 0 unspecified atom stereocenters. The molecule has 0 spiro atoms. The molecule has 1 aromatic carbocycles. The molecule has 2 heterocycles. The van der Waals surface area contributed by atoms with E-state index in [1.165, 1.54) is 16.8 Å². The van der Waals surface area contributed by atoms with Gasteiger partial charge in [-0.15, -0.1) is 0 Å². The summed E-state index contributed by atoms with van der Waals surface area (Å²) >= 11 is 0. The van der Waals surface area contributed by atoms with Gasteiger partial charge in [0.25, 0.3) is 0 Å². The van der Waals surface area contributed by atoms with Gasteiger partial charge in [-0.25, -0.2) is 0 Å². The molecule has 0 saturated heterocycles. The summed E-state index contributed by atoms with van der Waals surface area (Å²) in [5, 5.41) is 11.3. The third-order valence-corrected chi connectivity index (χ3v) is 5.55. The summed E-state index contributed by atoms with van der Waals surface area (Å²) in [4.78, 5) is 12.5. The number of hydrogen-bond acceptors (Lipinski definition) is 4. The first-order valence-electron chi connectivity index (χ1n) is 9.95. The van der Waals surface area contributed by atoms with Crippen molar-refractivity contribution in [2.75, 3.05) is 13.7 Å². The summed E-state index contributed by atoms with van der Waals surface area (Å²) in [5.41, 5.74) is 4.75. The largest absolute Gasteiger partial charge is 0.497 e. The summed E-state index contributed by atoms with van der Waals surface area (Å²) in [6, 6.07) is 8.41. The van der Waals surface area contributed by atoms with E-state index < -0.39 is 0 Å². The van der Waals surface area contributed by atoms with Gasteiger partial charge in [0.1, 0.15) is 5.75 Å². The van der Waals surface area contributed by atoms with Crippen molar-refractivity contribution < 1.29 is 9.53 Å². The van der Waals surface area contributed by atoms with E-state index >= 15 is 0 Å². The van der Waals surface area contributed by atoms with Crippen LogP contribution in [0.5, 0.6) is 5.75 Å². The Balaban J connectivity index is 1.35. The molecule has 4 rings (SSSR count). The predicted molar refractivity (Wildman–Crippen MR) is 104 cm³/mol. The van der Waals surface area contributed by atoms with Gasteiger partial charge in [-0.3, -0.25) is 9.48 Å². The highest BCUT2D eigenvalue weighted by atomic mass is 16.5. The first kappa shape index (κ1) is 18.0. The molecule has 1 atom stereocenters. The van der Waals surface area contributed by atoms with Crippen molar-refractivity contribution in [3.63, 3.8) is 0 Å². The van der Waals surface area contributed by atoms with Gasteiger partial charge < -0.3 is 15.4 Å². The molecule has 0 bridgehead atoms. The number of ether oxygens (including phenoxy) is 1. The van der Waals surface area contributed by atoms with E-state index in [0.29, 0.717) is 12.8 Å². The number of hydrogen-bond donors (Lipinski definition) is 2. The molecule has 2 N–H and O–H groups in total. The van der Waals surface area contributed by atoms with Gasteiger partial charge in [-0.2, -0.15) is 5.10 Å². The first-order chi connectivity index (χ1) is 13.2. The fourth-order valence-corrected chi connectivity index (χ4v) is 4.12. The highest BCUT2D eigenvalue weighted by molar-refractivity contribution is 5.76. The van der Waals surface area contributed by atoms with Crippen LogP contribution >= 0.6 is 0 Å². The number of methoxy groups -OCH3 is 1. The van der Waals surface area contributed by atoms with Gasteiger partial charge in [-0.1, -0.05) is 6.07 Å². The predicted octanol–water partition coefficient (Wildman–Crippen LogP) is 2.51. The highest BCUT2D eigenvalue weighted by Crippen LogP contribution is 2.32. The lowest BCUT2D eigenvalue weighted by atomic mass is 9.87. The second-order valence-electron chi connectivity index (χ2n) is 7.46. The molecule has 1 aliphatic heterocycles. The van der Waals surface area contributed by atoms with E-state index in [2.05, 4.69) is 38.6 Å². The minimum atomic E-state index is 0.102. The smallest absolute Gasteiger partial charge is 0.220 e. The van der Waals surface area contributed by atoms with Crippen molar-refractivity contribution in [1.29, 1.82) is 0 Å². The third kappa shape index (κ3) is 4.16. The van der Waals surface area contributed by atoms with Gasteiger partial charge in [-0.05, 0) is 61.6 Å².